The van der Waals surface area contributed by atoms with Gasteiger partial charge in [0.25, 0.3) is 15.9 Å². The van der Waals surface area contributed by atoms with E-state index in [1.54, 1.807) is 31.2 Å². The van der Waals surface area contributed by atoms with Gasteiger partial charge in [0.1, 0.15) is 0 Å². The van der Waals surface area contributed by atoms with E-state index >= 15 is 0 Å². The van der Waals surface area contributed by atoms with Crippen LogP contribution in [0.25, 0.3) is 0 Å². The zero-order chi connectivity index (χ0) is 16.3. The molecule has 0 aromatic heterocycles. The van der Waals surface area contributed by atoms with Crippen LogP contribution in [0.4, 0.5) is 0 Å². The Hall–Kier alpha value is -1.41. The third-order valence-electron chi connectivity index (χ3n) is 2.83. The number of amides is 1. The van der Waals surface area contributed by atoms with Crippen molar-refractivity contribution in [2.24, 2.45) is 0 Å². The molecule has 0 spiro atoms. The summed E-state index contributed by atoms with van der Waals surface area (Å²) in [6, 6.07) is 11.0. The van der Waals surface area contributed by atoms with E-state index in [9.17, 15) is 13.2 Å². The largest absolute Gasteiger partial charge is 0.273 e. The van der Waals surface area contributed by atoms with Crippen molar-refractivity contribution in [3.8, 4) is 0 Å². The summed E-state index contributed by atoms with van der Waals surface area (Å²) in [5, 5.41) is 0.387. The standard InChI is InChI=1S/C14H12BrClN2O3S/c1-9-5-6-11(15)8-13(9)22(20,21)18-17-14(19)10-3-2-4-12(16)7-10/h2-8,18H,1H3,(H,17,19). The zero-order valence-corrected chi connectivity index (χ0v) is 14.6. The van der Waals surface area contributed by atoms with Gasteiger partial charge in [-0.15, -0.1) is 4.83 Å². The molecule has 0 saturated carbocycles. The molecule has 0 aliphatic rings. The van der Waals surface area contributed by atoms with Crippen LogP contribution in [0.3, 0.4) is 0 Å². The van der Waals surface area contributed by atoms with E-state index in [-0.39, 0.29) is 10.5 Å². The van der Waals surface area contributed by atoms with Gasteiger partial charge in [-0.2, -0.15) is 0 Å². The zero-order valence-electron chi connectivity index (χ0n) is 11.4. The van der Waals surface area contributed by atoms with E-state index in [4.69, 9.17) is 11.6 Å². The van der Waals surface area contributed by atoms with Crippen molar-refractivity contribution >= 4 is 43.5 Å². The highest BCUT2D eigenvalue weighted by Crippen LogP contribution is 2.20. The highest BCUT2D eigenvalue weighted by atomic mass is 79.9. The maximum Gasteiger partial charge on any atom is 0.266 e. The minimum atomic E-state index is -3.87. The van der Waals surface area contributed by atoms with E-state index in [0.29, 0.717) is 15.1 Å². The second kappa shape index (κ2) is 6.78. The third kappa shape index (κ3) is 4.07. The number of aryl methyl sites for hydroxylation is 1. The van der Waals surface area contributed by atoms with Crippen LogP contribution < -0.4 is 10.3 Å². The SMILES string of the molecule is Cc1ccc(Br)cc1S(=O)(=O)NNC(=O)c1cccc(Cl)c1. The topological polar surface area (TPSA) is 75.3 Å². The number of hydrazine groups is 1. The van der Waals surface area contributed by atoms with Crippen LogP contribution in [0.2, 0.25) is 5.02 Å². The van der Waals surface area contributed by atoms with Crippen LogP contribution >= 0.6 is 27.5 Å². The van der Waals surface area contributed by atoms with Gasteiger partial charge in [0.2, 0.25) is 0 Å². The molecule has 0 bridgehead atoms. The Kier molecular flexibility index (Phi) is 5.23. The molecule has 0 fully saturated rings. The number of carbonyl (C=O) groups is 1. The van der Waals surface area contributed by atoms with Gasteiger partial charge in [-0.1, -0.05) is 39.7 Å². The Bertz CT molecular complexity index is 825. The van der Waals surface area contributed by atoms with Gasteiger partial charge in [0.15, 0.2) is 0 Å². The Labute approximate surface area is 141 Å². The number of rotatable bonds is 4. The Morgan fingerprint density at radius 2 is 1.91 bits per heavy atom. The van der Waals surface area contributed by atoms with Gasteiger partial charge >= 0.3 is 0 Å². The number of hydrogen-bond acceptors (Lipinski definition) is 3. The Balaban J connectivity index is 2.16. The van der Waals surface area contributed by atoms with Crippen LogP contribution in [-0.4, -0.2) is 14.3 Å². The van der Waals surface area contributed by atoms with E-state index in [1.165, 1.54) is 18.2 Å². The van der Waals surface area contributed by atoms with Crippen LogP contribution in [0, 0.1) is 6.92 Å². The summed E-state index contributed by atoms with van der Waals surface area (Å²) >= 11 is 9.01. The van der Waals surface area contributed by atoms with Gasteiger partial charge in [0.05, 0.1) is 4.90 Å². The lowest BCUT2D eigenvalue weighted by Crippen LogP contribution is -2.41. The fourth-order valence-electron chi connectivity index (χ4n) is 1.73. The number of benzene rings is 2. The summed E-state index contributed by atoms with van der Waals surface area (Å²) in [7, 11) is -3.87. The summed E-state index contributed by atoms with van der Waals surface area (Å²) in [6.07, 6.45) is 0. The number of carbonyl (C=O) groups excluding carboxylic acids is 1. The van der Waals surface area contributed by atoms with Crippen LogP contribution in [0.15, 0.2) is 51.8 Å². The molecule has 0 heterocycles. The molecule has 1 amide bonds. The maximum atomic E-state index is 12.2. The first-order valence-electron chi connectivity index (χ1n) is 6.13. The van der Waals surface area contributed by atoms with Gasteiger partial charge < -0.3 is 0 Å². The molecule has 22 heavy (non-hydrogen) atoms. The second-order valence-corrected chi connectivity index (χ2v) is 7.48. The lowest BCUT2D eigenvalue weighted by molar-refractivity contribution is 0.0945. The van der Waals surface area contributed by atoms with E-state index in [2.05, 4.69) is 26.2 Å². The fraction of sp³-hybridized carbons (Fsp3) is 0.0714. The van der Waals surface area contributed by atoms with Crippen molar-refractivity contribution in [1.82, 2.24) is 10.3 Å². The third-order valence-corrected chi connectivity index (χ3v) is 4.94. The lowest BCUT2D eigenvalue weighted by Gasteiger charge is -2.11. The van der Waals surface area contributed by atoms with Crippen molar-refractivity contribution < 1.29 is 13.2 Å². The molecule has 2 N–H and O–H groups in total. The molecule has 0 radical (unpaired) electrons. The number of nitrogens with one attached hydrogen (secondary N) is 2. The molecule has 8 heteroatoms. The molecule has 5 nitrogen and oxygen atoms in total. The first kappa shape index (κ1) is 17.0. The van der Waals surface area contributed by atoms with Crippen LogP contribution in [-0.2, 0) is 10.0 Å². The van der Waals surface area contributed by atoms with Gasteiger partial charge in [-0.25, -0.2) is 8.42 Å². The van der Waals surface area contributed by atoms with E-state index in [1.807, 2.05) is 0 Å². The molecule has 0 saturated heterocycles. The molecular weight excluding hydrogens is 392 g/mol. The monoisotopic (exact) mass is 402 g/mol. The van der Waals surface area contributed by atoms with Crippen LogP contribution in [0.1, 0.15) is 15.9 Å². The average molecular weight is 404 g/mol. The molecule has 2 rings (SSSR count). The lowest BCUT2D eigenvalue weighted by atomic mass is 10.2. The van der Waals surface area contributed by atoms with Crippen molar-refractivity contribution in [3.05, 3.63) is 63.1 Å². The quantitative estimate of drug-likeness (QED) is 0.771. The first-order valence-corrected chi connectivity index (χ1v) is 8.79. The van der Waals surface area contributed by atoms with Crippen LogP contribution in [0.5, 0.6) is 0 Å². The minimum absolute atomic E-state index is 0.0771. The molecule has 116 valence electrons. The molecule has 0 atom stereocenters. The van der Waals surface area contributed by atoms with E-state index in [0.717, 1.165) is 0 Å². The molecule has 0 unspecified atom stereocenters. The van der Waals surface area contributed by atoms with Crippen molar-refractivity contribution in [2.45, 2.75) is 11.8 Å². The maximum absolute atomic E-state index is 12.2. The summed E-state index contributed by atoms with van der Waals surface area (Å²) in [5.41, 5.74) is 2.97. The Morgan fingerprint density at radius 1 is 1.18 bits per heavy atom. The number of sulfonamides is 1. The molecule has 2 aromatic carbocycles. The average Bonchev–Trinajstić information content (AvgIpc) is 2.47. The number of halogens is 2. The minimum Gasteiger partial charge on any atom is -0.273 e. The summed E-state index contributed by atoms with van der Waals surface area (Å²) in [6.45, 7) is 1.67. The predicted octanol–water partition coefficient (Wildman–Crippen LogP) is 3.03. The fourth-order valence-corrected chi connectivity index (χ4v) is 3.55. The first-order chi connectivity index (χ1) is 10.3. The van der Waals surface area contributed by atoms with Gasteiger partial charge in [-0.3, -0.25) is 10.2 Å². The highest BCUT2D eigenvalue weighted by Gasteiger charge is 2.18. The summed E-state index contributed by atoms with van der Waals surface area (Å²) < 4.78 is 25.1. The van der Waals surface area contributed by atoms with Crippen molar-refractivity contribution in [1.29, 1.82) is 0 Å². The highest BCUT2D eigenvalue weighted by molar-refractivity contribution is 9.10. The van der Waals surface area contributed by atoms with Crippen molar-refractivity contribution in [2.75, 3.05) is 0 Å². The summed E-state index contributed by atoms with van der Waals surface area (Å²) in [5.74, 6) is -0.598. The predicted molar refractivity (Wildman–Crippen MR) is 88.1 cm³/mol. The molecule has 0 aliphatic carbocycles. The molecular formula is C14H12BrClN2O3S. The van der Waals surface area contributed by atoms with E-state index < -0.39 is 15.9 Å². The molecule has 2 aromatic rings. The van der Waals surface area contributed by atoms with Gasteiger partial charge in [-0.05, 0) is 42.8 Å². The smallest absolute Gasteiger partial charge is 0.266 e. The number of hydrogen-bond donors (Lipinski definition) is 2. The normalized spacial score (nSPS) is 11.2. The molecule has 0 aliphatic heterocycles. The summed E-state index contributed by atoms with van der Waals surface area (Å²) in [4.78, 5) is 14.1. The van der Waals surface area contributed by atoms with Crippen molar-refractivity contribution in [3.63, 3.8) is 0 Å². The Morgan fingerprint density at radius 3 is 2.59 bits per heavy atom. The van der Waals surface area contributed by atoms with Gasteiger partial charge in [0, 0.05) is 15.1 Å². The second-order valence-electron chi connectivity index (χ2n) is 4.48.